The van der Waals surface area contributed by atoms with Gasteiger partial charge in [-0.2, -0.15) is 11.8 Å². The molecule has 0 saturated carbocycles. The normalized spacial score (nSPS) is 23.4. The summed E-state index contributed by atoms with van der Waals surface area (Å²) in [5, 5.41) is 0. The first-order chi connectivity index (χ1) is 8.03. The Hall–Kier alpha value is -0.260. The second kappa shape index (κ2) is 6.61. The fourth-order valence-electron chi connectivity index (χ4n) is 1.89. The maximum absolute atomic E-state index is 12.4. The number of methoxy groups -OCH3 is 1. The van der Waals surface area contributed by atoms with Crippen LogP contribution >= 0.6 is 11.8 Å². The number of amides is 1. The molecule has 1 fully saturated rings. The molecule has 2 unspecified atom stereocenters. The Morgan fingerprint density at radius 3 is 2.82 bits per heavy atom. The SMILES string of the molecule is CCC(C)(N)C(=O)N(CCOC)C1CCSC1. The quantitative estimate of drug-likeness (QED) is 0.777. The predicted molar refractivity (Wildman–Crippen MR) is 72.2 cm³/mol. The Bertz CT molecular complexity index is 253. The van der Waals surface area contributed by atoms with Crippen LogP contribution in [0.4, 0.5) is 0 Å². The van der Waals surface area contributed by atoms with E-state index in [-0.39, 0.29) is 5.91 Å². The van der Waals surface area contributed by atoms with E-state index in [2.05, 4.69) is 0 Å². The number of hydrogen-bond donors (Lipinski definition) is 1. The third-order valence-corrected chi connectivity index (χ3v) is 4.51. The van der Waals surface area contributed by atoms with Crippen molar-refractivity contribution in [2.45, 2.75) is 38.3 Å². The summed E-state index contributed by atoms with van der Waals surface area (Å²) in [6.45, 7) is 4.99. The number of ether oxygens (including phenoxy) is 1. The van der Waals surface area contributed by atoms with E-state index in [1.807, 2.05) is 30.5 Å². The van der Waals surface area contributed by atoms with Crippen molar-refractivity contribution >= 4 is 17.7 Å². The van der Waals surface area contributed by atoms with E-state index >= 15 is 0 Å². The molecule has 0 radical (unpaired) electrons. The monoisotopic (exact) mass is 260 g/mol. The minimum atomic E-state index is -0.749. The van der Waals surface area contributed by atoms with Crippen molar-refractivity contribution in [2.75, 3.05) is 31.8 Å². The van der Waals surface area contributed by atoms with Gasteiger partial charge in [0.05, 0.1) is 12.1 Å². The predicted octanol–water partition coefficient (Wildman–Crippen LogP) is 1.09. The number of rotatable bonds is 6. The second-order valence-electron chi connectivity index (χ2n) is 4.78. The zero-order valence-electron chi connectivity index (χ0n) is 11.1. The molecule has 5 heteroatoms. The summed E-state index contributed by atoms with van der Waals surface area (Å²) < 4.78 is 5.09. The van der Waals surface area contributed by atoms with Gasteiger partial charge in [-0.05, 0) is 25.5 Å². The maximum Gasteiger partial charge on any atom is 0.242 e. The zero-order valence-corrected chi connectivity index (χ0v) is 11.9. The lowest BCUT2D eigenvalue weighted by Crippen LogP contribution is -2.56. The van der Waals surface area contributed by atoms with Crippen LogP contribution < -0.4 is 5.73 Å². The lowest BCUT2D eigenvalue weighted by molar-refractivity contribution is -0.139. The molecule has 4 nitrogen and oxygen atoms in total. The van der Waals surface area contributed by atoms with Gasteiger partial charge < -0.3 is 15.4 Å². The van der Waals surface area contributed by atoms with Gasteiger partial charge in [-0.3, -0.25) is 4.79 Å². The summed E-state index contributed by atoms with van der Waals surface area (Å²) in [5.41, 5.74) is 5.31. The highest BCUT2D eigenvalue weighted by Crippen LogP contribution is 2.24. The summed E-state index contributed by atoms with van der Waals surface area (Å²) in [6, 6.07) is 0.331. The van der Waals surface area contributed by atoms with Crippen LogP contribution in [-0.2, 0) is 9.53 Å². The van der Waals surface area contributed by atoms with Crippen molar-refractivity contribution in [3.8, 4) is 0 Å². The van der Waals surface area contributed by atoms with Gasteiger partial charge in [0.2, 0.25) is 5.91 Å². The van der Waals surface area contributed by atoms with Gasteiger partial charge >= 0.3 is 0 Å². The van der Waals surface area contributed by atoms with Crippen LogP contribution in [0.1, 0.15) is 26.7 Å². The molecule has 0 aromatic rings. The molecule has 1 heterocycles. The number of carbonyl (C=O) groups excluding carboxylic acids is 1. The Kier molecular flexibility index (Phi) is 5.76. The van der Waals surface area contributed by atoms with E-state index in [4.69, 9.17) is 10.5 Å². The number of thioether (sulfide) groups is 1. The van der Waals surface area contributed by atoms with Crippen molar-refractivity contribution in [1.29, 1.82) is 0 Å². The van der Waals surface area contributed by atoms with Crippen molar-refractivity contribution in [3.63, 3.8) is 0 Å². The molecule has 2 N–H and O–H groups in total. The van der Waals surface area contributed by atoms with Gasteiger partial charge in [-0.25, -0.2) is 0 Å². The van der Waals surface area contributed by atoms with E-state index < -0.39 is 5.54 Å². The van der Waals surface area contributed by atoms with Gasteiger partial charge in [0.25, 0.3) is 0 Å². The fourth-order valence-corrected chi connectivity index (χ4v) is 3.11. The molecule has 0 aliphatic carbocycles. The molecule has 17 heavy (non-hydrogen) atoms. The highest BCUT2D eigenvalue weighted by Gasteiger charge is 2.35. The van der Waals surface area contributed by atoms with Crippen LogP contribution in [0.15, 0.2) is 0 Å². The highest BCUT2D eigenvalue weighted by atomic mass is 32.2. The fraction of sp³-hybridized carbons (Fsp3) is 0.917. The van der Waals surface area contributed by atoms with Gasteiger partial charge in [0.15, 0.2) is 0 Å². The average molecular weight is 260 g/mol. The maximum atomic E-state index is 12.4. The van der Waals surface area contributed by atoms with Crippen LogP contribution in [0.3, 0.4) is 0 Å². The topological polar surface area (TPSA) is 55.6 Å². The minimum absolute atomic E-state index is 0.0598. The first-order valence-electron chi connectivity index (χ1n) is 6.19. The molecule has 1 saturated heterocycles. The molecule has 0 aromatic heterocycles. The van der Waals surface area contributed by atoms with Gasteiger partial charge in [0.1, 0.15) is 0 Å². The van der Waals surface area contributed by atoms with Crippen LogP contribution in [-0.4, -0.2) is 54.2 Å². The lowest BCUT2D eigenvalue weighted by atomic mass is 9.97. The first kappa shape index (κ1) is 14.8. The molecule has 2 atom stereocenters. The van der Waals surface area contributed by atoms with Gasteiger partial charge in [-0.15, -0.1) is 0 Å². The molecule has 1 rings (SSSR count). The van der Waals surface area contributed by atoms with Crippen molar-refractivity contribution < 1.29 is 9.53 Å². The smallest absolute Gasteiger partial charge is 0.242 e. The number of carbonyl (C=O) groups is 1. The van der Waals surface area contributed by atoms with E-state index in [9.17, 15) is 4.79 Å². The molecular weight excluding hydrogens is 236 g/mol. The number of nitrogens with zero attached hydrogens (tertiary/aromatic N) is 1. The van der Waals surface area contributed by atoms with E-state index in [0.717, 1.165) is 17.9 Å². The standard InChI is InChI=1S/C12H24N2O2S/c1-4-12(2,13)11(15)14(6-7-16-3)10-5-8-17-9-10/h10H,4-9,13H2,1-3H3. The van der Waals surface area contributed by atoms with Crippen LogP contribution in [0.5, 0.6) is 0 Å². The average Bonchev–Trinajstić information content (AvgIpc) is 2.83. The molecule has 100 valence electrons. The molecular formula is C12H24N2O2S. The van der Waals surface area contributed by atoms with E-state index in [1.54, 1.807) is 7.11 Å². The number of hydrogen-bond acceptors (Lipinski definition) is 4. The van der Waals surface area contributed by atoms with Crippen molar-refractivity contribution in [3.05, 3.63) is 0 Å². The van der Waals surface area contributed by atoms with E-state index in [1.165, 1.54) is 0 Å². The third kappa shape index (κ3) is 3.86. The van der Waals surface area contributed by atoms with Gasteiger partial charge in [0, 0.05) is 25.4 Å². The van der Waals surface area contributed by atoms with E-state index in [0.29, 0.717) is 25.6 Å². The summed E-state index contributed by atoms with van der Waals surface area (Å²) in [7, 11) is 1.66. The zero-order chi connectivity index (χ0) is 12.9. The highest BCUT2D eigenvalue weighted by molar-refractivity contribution is 7.99. The Morgan fingerprint density at radius 1 is 1.65 bits per heavy atom. The van der Waals surface area contributed by atoms with Crippen LogP contribution in [0.2, 0.25) is 0 Å². The van der Waals surface area contributed by atoms with Crippen LogP contribution in [0, 0.1) is 0 Å². The Balaban J connectivity index is 2.70. The second-order valence-corrected chi connectivity index (χ2v) is 5.93. The third-order valence-electron chi connectivity index (χ3n) is 3.37. The molecule has 1 aliphatic heterocycles. The number of nitrogens with two attached hydrogens (primary N) is 1. The Morgan fingerprint density at radius 2 is 2.35 bits per heavy atom. The van der Waals surface area contributed by atoms with Crippen LogP contribution in [0.25, 0.3) is 0 Å². The molecule has 1 amide bonds. The van der Waals surface area contributed by atoms with Gasteiger partial charge in [-0.1, -0.05) is 6.92 Å². The summed E-state index contributed by atoms with van der Waals surface area (Å²) in [5.74, 6) is 2.22. The Labute approximate surface area is 108 Å². The molecule has 0 spiro atoms. The molecule has 1 aliphatic rings. The minimum Gasteiger partial charge on any atom is -0.383 e. The summed E-state index contributed by atoms with van der Waals surface area (Å²) in [6.07, 6.45) is 1.73. The largest absolute Gasteiger partial charge is 0.383 e. The molecule has 0 aromatic carbocycles. The van der Waals surface area contributed by atoms with Crippen molar-refractivity contribution in [2.24, 2.45) is 5.73 Å². The summed E-state index contributed by atoms with van der Waals surface area (Å²) in [4.78, 5) is 14.3. The molecule has 0 bridgehead atoms. The lowest BCUT2D eigenvalue weighted by Gasteiger charge is -2.35. The summed E-state index contributed by atoms with van der Waals surface area (Å²) >= 11 is 1.90. The van der Waals surface area contributed by atoms with Crippen molar-refractivity contribution in [1.82, 2.24) is 4.90 Å². The first-order valence-corrected chi connectivity index (χ1v) is 7.35.